The van der Waals surface area contributed by atoms with Gasteiger partial charge in [0, 0.05) is 30.1 Å². The molecule has 0 aromatic carbocycles. The van der Waals surface area contributed by atoms with Crippen molar-refractivity contribution in [1.82, 2.24) is 21.1 Å². The summed E-state index contributed by atoms with van der Waals surface area (Å²) in [7, 11) is 0. The van der Waals surface area contributed by atoms with Crippen molar-refractivity contribution in [2.24, 2.45) is 5.92 Å². The Labute approximate surface area is 167 Å². The molecule has 1 aromatic rings. The lowest BCUT2D eigenvalue weighted by Gasteiger charge is -2.29. The van der Waals surface area contributed by atoms with Crippen molar-refractivity contribution >= 4 is 18.5 Å². The summed E-state index contributed by atoms with van der Waals surface area (Å²) in [6, 6.07) is 3.27. The van der Waals surface area contributed by atoms with Crippen LogP contribution in [0.4, 0.5) is 0 Å². The Bertz CT molecular complexity index is 615. The third kappa shape index (κ3) is 5.27. The van der Waals surface area contributed by atoms with Crippen molar-refractivity contribution in [3.63, 3.8) is 0 Å². The Kier molecular flexibility index (Phi) is 6.40. The van der Waals surface area contributed by atoms with Crippen LogP contribution in [0.25, 0.3) is 0 Å². The molecule has 0 spiro atoms. The highest BCUT2D eigenvalue weighted by Crippen LogP contribution is 2.40. The zero-order valence-corrected chi connectivity index (χ0v) is 16.8. The molecule has 3 aliphatic heterocycles. The molecule has 27 heavy (non-hydrogen) atoms. The molecule has 2 unspecified atom stereocenters. The summed E-state index contributed by atoms with van der Waals surface area (Å²) in [5.41, 5.74) is 0.438. The number of rotatable bonds is 4. The fourth-order valence-electron chi connectivity index (χ4n) is 4.46. The predicted octanol–water partition coefficient (Wildman–Crippen LogP) is 2.48. The van der Waals surface area contributed by atoms with Gasteiger partial charge in [-0.05, 0) is 76.1 Å². The van der Waals surface area contributed by atoms with E-state index < -0.39 is 0 Å². The zero-order valence-electron chi connectivity index (χ0n) is 16.0. The first-order valence-corrected chi connectivity index (χ1v) is 11.2. The Morgan fingerprint density at radius 2 is 1.85 bits per heavy atom. The summed E-state index contributed by atoms with van der Waals surface area (Å²) in [5.74, 6) is 3.25. The van der Waals surface area contributed by atoms with Crippen molar-refractivity contribution in [3.05, 3.63) is 17.5 Å². The molecule has 2 atom stereocenters. The molecule has 4 fully saturated rings. The van der Waals surface area contributed by atoms with Crippen molar-refractivity contribution < 1.29 is 9.32 Å². The van der Waals surface area contributed by atoms with Crippen molar-refractivity contribution in [2.45, 2.75) is 75.4 Å². The molecular weight excluding hydrogens is 360 g/mol. The van der Waals surface area contributed by atoms with E-state index in [9.17, 15) is 4.79 Å². The molecule has 7 heteroatoms. The molecule has 2 bridgehead atoms. The average molecular weight is 393 g/mol. The van der Waals surface area contributed by atoms with Crippen LogP contribution in [0.3, 0.4) is 0 Å². The fraction of sp³-hybridized carbons (Fsp3) is 0.800. The van der Waals surface area contributed by atoms with Gasteiger partial charge in [0.25, 0.3) is 5.91 Å². The number of hydrogen-bond acceptors (Lipinski definition) is 6. The van der Waals surface area contributed by atoms with Gasteiger partial charge in [-0.2, -0.15) is 12.6 Å². The number of carbonyl (C=O) groups is 1. The monoisotopic (exact) mass is 392 g/mol. The van der Waals surface area contributed by atoms with Gasteiger partial charge in [0.1, 0.15) is 5.76 Å². The number of piperidine rings is 2. The number of thiol groups is 1. The minimum atomic E-state index is -0.0815. The summed E-state index contributed by atoms with van der Waals surface area (Å²) in [4.78, 5) is 12.1. The maximum Gasteiger partial charge on any atom is 0.273 e. The SMILES string of the molecule is O=C(NC1CC2CCC(C1)N2)c1cc(C2CC2)on1.SCC1CCNCC1. The summed E-state index contributed by atoms with van der Waals surface area (Å²) in [6.45, 7) is 2.40. The Balaban J connectivity index is 0.000000190. The summed E-state index contributed by atoms with van der Waals surface area (Å²) < 4.78 is 5.23. The zero-order chi connectivity index (χ0) is 18.6. The minimum Gasteiger partial charge on any atom is -0.360 e. The lowest BCUT2D eigenvalue weighted by molar-refractivity contribution is 0.0914. The van der Waals surface area contributed by atoms with E-state index >= 15 is 0 Å². The summed E-state index contributed by atoms with van der Waals surface area (Å²) in [5, 5.41) is 13.9. The molecule has 4 heterocycles. The fourth-order valence-corrected chi connectivity index (χ4v) is 4.82. The Hall–Kier alpha value is -1.05. The largest absolute Gasteiger partial charge is 0.360 e. The number of hydrogen-bond donors (Lipinski definition) is 4. The van der Waals surface area contributed by atoms with Crippen LogP contribution in [0.5, 0.6) is 0 Å². The first-order valence-electron chi connectivity index (χ1n) is 10.6. The van der Waals surface area contributed by atoms with E-state index in [0.29, 0.717) is 23.7 Å². The van der Waals surface area contributed by atoms with Gasteiger partial charge in [-0.3, -0.25) is 4.79 Å². The number of aromatic nitrogens is 1. The topological polar surface area (TPSA) is 79.2 Å². The molecule has 1 aliphatic carbocycles. The summed E-state index contributed by atoms with van der Waals surface area (Å²) in [6.07, 6.45) is 9.53. The molecule has 5 rings (SSSR count). The molecule has 0 radical (unpaired) electrons. The third-order valence-electron chi connectivity index (χ3n) is 6.27. The van der Waals surface area contributed by atoms with E-state index in [2.05, 4.69) is 33.7 Å². The molecule has 1 amide bonds. The van der Waals surface area contributed by atoms with Gasteiger partial charge < -0.3 is 20.5 Å². The van der Waals surface area contributed by atoms with E-state index in [0.717, 1.165) is 43.1 Å². The highest BCUT2D eigenvalue weighted by atomic mass is 32.1. The van der Waals surface area contributed by atoms with Crippen LogP contribution in [-0.4, -0.2) is 48.0 Å². The Morgan fingerprint density at radius 3 is 2.44 bits per heavy atom. The molecule has 1 saturated carbocycles. The van der Waals surface area contributed by atoms with Crippen molar-refractivity contribution in [1.29, 1.82) is 0 Å². The molecule has 3 N–H and O–H groups in total. The third-order valence-corrected chi connectivity index (χ3v) is 6.78. The van der Waals surface area contributed by atoms with E-state index in [1.807, 2.05) is 6.07 Å². The lowest BCUT2D eigenvalue weighted by atomic mass is 10.00. The van der Waals surface area contributed by atoms with Crippen LogP contribution in [0.15, 0.2) is 10.6 Å². The molecular formula is C20H32N4O2S. The number of fused-ring (bicyclic) bond motifs is 2. The predicted molar refractivity (Wildman–Crippen MR) is 108 cm³/mol. The second kappa shape index (κ2) is 8.97. The molecule has 150 valence electrons. The van der Waals surface area contributed by atoms with E-state index in [1.54, 1.807) is 0 Å². The number of nitrogens with zero attached hydrogens (tertiary/aromatic N) is 1. The van der Waals surface area contributed by atoms with Crippen LogP contribution in [0.2, 0.25) is 0 Å². The number of carbonyl (C=O) groups excluding carboxylic acids is 1. The normalized spacial score (nSPS) is 30.5. The smallest absolute Gasteiger partial charge is 0.273 e. The van der Waals surface area contributed by atoms with Gasteiger partial charge >= 0.3 is 0 Å². The first kappa shape index (κ1) is 19.3. The van der Waals surface area contributed by atoms with Crippen LogP contribution < -0.4 is 16.0 Å². The van der Waals surface area contributed by atoms with E-state index in [1.165, 1.54) is 38.8 Å². The molecule has 3 saturated heterocycles. The maximum absolute atomic E-state index is 12.1. The van der Waals surface area contributed by atoms with E-state index in [-0.39, 0.29) is 11.9 Å². The quantitative estimate of drug-likeness (QED) is 0.592. The molecule has 6 nitrogen and oxygen atoms in total. The van der Waals surface area contributed by atoms with Crippen LogP contribution in [0.1, 0.15) is 73.5 Å². The van der Waals surface area contributed by atoms with Gasteiger partial charge in [0.15, 0.2) is 5.69 Å². The molecule has 4 aliphatic rings. The van der Waals surface area contributed by atoms with E-state index in [4.69, 9.17) is 4.52 Å². The van der Waals surface area contributed by atoms with Gasteiger partial charge in [-0.25, -0.2) is 0 Å². The highest BCUT2D eigenvalue weighted by molar-refractivity contribution is 7.80. The van der Waals surface area contributed by atoms with Crippen LogP contribution in [0, 0.1) is 5.92 Å². The lowest BCUT2D eigenvalue weighted by Crippen LogP contribution is -2.48. The minimum absolute atomic E-state index is 0.0815. The van der Waals surface area contributed by atoms with Gasteiger partial charge in [0.2, 0.25) is 0 Å². The van der Waals surface area contributed by atoms with Crippen LogP contribution >= 0.6 is 12.6 Å². The standard InChI is InChI=1S/C14H19N3O2.C6H13NS/c18-14(12-7-13(19-17-12)8-1-2-8)16-11-5-9-3-4-10(6-11)15-9;8-5-6-1-3-7-4-2-6/h7-11,15H,1-6H2,(H,16,18);6-8H,1-5H2. The van der Waals surface area contributed by atoms with Gasteiger partial charge in [-0.1, -0.05) is 5.16 Å². The number of nitrogens with one attached hydrogen (secondary N) is 3. The van der Waals surface area contributed by atoms with Crippen molar-refractivity contribution in [2.75, 3.05) is 18.8 Å². The number of amides is 1. The van der Waals surface area contributed by atoms with Crippen LogP contribution in [-0.2, 0) is 0 Å². The maximum atomic E-state index is 12.1. The highest BCUT2D eigenvalue weighted by Gasteiger charge is 2.35. The van der Waals surface area contributed by atoms with Gasteiger partial charge in [0.05, 0.1) is 0 Å². The molecule has 1 aromatic heterocycles. The van der Waals surface area contributed by atoms with Gasteiger partial charge in [-0.15, -0.1) is 0 Å². The average Bonchev–Trinajstić information content (AvgIpc) is 3.33. The Morgan fingerprint density at radius 1 is 1.15 bits per heavy atom. The first-order chi connectivity index (χ1) is 13.2. The van der Waals surface area contributed by atoms with Crippen molar-refractivity contribution in [3.8, 4) is 0 Å². The second-order valence-electron chi connectivity index (χ2n) is 8.54. The summed E-state index contributed by atoms with van der Waals surface area (Å²) >= 11 is 4.24. The second-order valence-corrected chi connectivity index (χ2v) is 8.91.